The Labute approximate surface area is 174 Å². The third-order valence-corrected chi connectivity index (χ3v) is 4.96. The zero-order valence-corrected chi connectivity index (χ0v) is 16.3. The Morgan fingerprint density at radius 2 is 1.67 bits per heavy atom. The van der Waals surface area contributed by atoms with Crippen molar-refractivity contribution in [2.75, 3.05) is 18.0 Å². The van der Waals surface area contributed by atoms with Gasteiger partial charge in [-0.2, -0.15) is 0 Å². The molecule has 1 unspecified atom stereocenters. The Morgan fingerprint density at radius 1 is 0.967 bits per heavy atom. The summed E-state index contributed by atoms with van der Waals surface area (Å²) in [5, 5.41) is 2.89. The zero-order valence-electron chi connectivity index (χ0n) is 16.3. The second kappa shape index (κ2) is 8.78. The second-order valence-corrected chi connectivity index (χ2v) is 7.02. The van der Waals surface area contributed by atoms with E-state index in [1.165, 1.54) is 29.2 Å². The first-order valence-corrected chi connectivity index (χ1v) is 9.76. The van der Waals surface area contributed by atoms with Crippen molar-refractivity contribution in [1.82, 2.24) is 5.32 Å². The van der Waals surface area contributed by atoms with Crippen LogP contribution < -0.4 is 15.0 Å². The summed E-state index contributed by atoms with van der Waals surface area (Å²) in [6.45, 7) is 0.542. The molecule has 1 aliphatic heterocycles. The number of amides is 2. The Balaban J connectivity index is 1.48. The molecular weight excluding hydrogens is 383 g/mol. The highest BCUT2D eigenvalue weighted by atomic mass is 19.1. The number of nitrogens with zero attached hydrogens (tertiary/aromatic N) is 1. The van der Waals surface area contributed by atoms with Crippen LogP contribution in [-0.4, -0.2) is 31.0 Å². The lowest BCUT2D eigenvalue weighted by Gasteiger charge is -2.34. The predicted octanol–water partition coefficient (Wildman–Crippen LogP) is 3.59. The minimum Gasteiger partial charge on any atom is -0.477 e. The van der Waals surface area contributed by atoms with Gasteiger partial charge in [0, 0.05) is 12.1 Å². The summed E-state index contributed by atoms with van der Waals surface area (Å²) < 4.78 is 19.1. The number of halogens is 1. The van der Waals surface area contributed by atoms with Crippen LogP contribution in [0.3, 0.4) is 0 Å². The number of benzene rings is 3. The first-order chi connectivity index (χ1) is 14.6. The Bertz CT molecular complexity index is 1040. The molecule has 0 aromatic heterocycles. The molecule has 1 heterocycles. The number of fused-ring (bicyclic) bond motifs is 1. The third kappa shape index (κ3) is 4.33. The Morgan fingerprint density at radius 3 is 2.43 bits per heavy atom. The van der Waals surface area contributed by atoms with Gasteiger partial charge in [-0.15, -0.1) is 0 Å². The molecule has 152 valence electrons. The summed E-state index contributed by atoms with van der Waals surface area (Å²) in [7, 11) is 0. The van der Waals surface area contributed by atoms with Gasteiger partial charge in [-0.25, -0.2) is 4.39 Å². The normalized spacial score (nSPS) is 15.1. The van der Waals surface area contributed by atoms with Crippen LogP contribution in [0.5, 0.6) is 5.75 Å². The molecule has 0 saturated heterocycles. The number of nitrogens with one attached hydrogen (secondary N) is 1. The number of rotatable bonds is 5. The van der Waals surface area contributed by atoms with Gasteiger partial charge in [0.2, 0.25) is 0 Å². The molecular formula is C24H21FN2O3. The summed E-state index contributed by atoms with van der Waals surface area (Å²) in [6, 6.07) is 22.3. The molecule has 5 nitrogen and oxygen atoms in total. The molecule has 0 spiro atoms. The minimum atomic E-state index is -0.833. The molecule has 1 N–H and O–H groups in total. The molecule has 1 aliphatic rings. The highest BCUT2D eigenvalue weighted by molar-refractivity contribution is 6.07. The van der Waals surface area contributed by atoms with E-state index in [1.54, 1.807) is 24.3 Å². The molecule has 30 heavy (non-hydrogen) atoms. The maximum atomic E-state index is 13.2. The van der Waals surface area contributed by atoms with Crippen molar-refractivity contribution in [3.05, 3.63) is 95.8 Å². The number of para-hydroxylation sites is 2. The average Bonchev–Trinajstić information content (AvgIpc) is 2.79. The number of carbonyl (C=O) groups is 2. The molecule has 0 fully saturated rings. The van der Waals surface area contributed by atoms with Crippen LogP contribution in [0.15, 0.2) is 78.9 Å². The highest BCUT2D eigenvalue weighted by Gasteiger charge is 2.34. The van der Waals surface area contributed by atoms with Crippen molar-refractivity contribution in [2.45, 2.75) is 12.5 Å². The van der Waals surface area contributed by atoms with Crippen LogP contribution in [0, 0.1) is 5.82 Å². The maximum Gasteiger partial charge on any atom is 0.262 e. The Hall–Kier alpha value is -3.67. The van der Waals surface area contributed by atoms with Crippen LogP contribution in [0.2, 0.25) is 0 Å². The average molecular weight is 404 g/mol. The molecule has 0 bridgehead atoms. The van der Waals surface area contributed by atoms with Crippen LogP contribution in [0.25, 0.3) is 0 Å². The molecule has 3 aromatic rings. The van der Waals surface area contributed by atoms with E-state index in [-0.39, 0.29) is 18.4 Å². The van der Waals surface area contributed by atoms with E-state index in [0.717, 1.165) is 5.56 Å². The van der Waals surface area contributed by atoms with Gasteiger partial charge in [-0.3, -0.25) is 9.59 Å². The number of carbonyl (C=O) groups excluding carboxylic acids is 2. The molecule has 0 saturated carbocycles. The molecule has 4 rings (SSSR count). The van der Waals surface area contributed by atoms with E-state index in [9.17, 15) is 14.0 Å². The summed E-state index contributed by atoms with van der Waals surface area (Å²) >= 11 is 0. The molecule has 6 heteroatoms. The SMILES string of the molecule is O=C(NCCc1ccccc1)C1CN(C(=O)c2ccc(F)cc2)c2ccccc2O1. The van der Waals surface area contributed by atoms with E-state index in [0.29, 0.717) is 30.0 Å². The van der Waals surface area contributed by atoms with Crippen molar-refractivity contribution < 1.29 is 18.7 Å². The van der Waals surface area contributed by atoms with Gasteiger partial charge >= 0.3 is 0 Å². The monoisotopic (exact) mass is 404 g/mol. The summed E-state index contributed by atoms with van der Waals surface area (Å²) in [5.74, 6) is -0.544. The predicted molar refractivity (Wildman–Crippen MR) is 112 cm³/mol. The fourth-order valence-corrected chi connectivity index (χ4v) is 3.40. The van der Waals surface area contributed by atoms with Crippen molar-refractivity contribution in [3.63, 3.8) is 0 Å². The molecule has 2 amide bonds. The van der Waals surface area contributed by atoms with Gasteiger partial charge < -0.3 is 15.0 Å². The van der Waals surface area contributed by atoms with Crippen molar-refractivity contribution in [2.24, 2.45) is 0 Å². The Kier molecular flexibility index (Phi) is 5.75. The molecule has 0 aliphatic carbocycles. The number of hydrogen-bond donors (Lipinski definition) is 1. The summed E-state index contributed by atoms with van der Waals surface area (Å²) in [5.41, 5.74) is 2.05. The number of ether oxygens (including phenoxy) is 1. The second-order valence-electron chi connectivity index (χ2n) is 7.02. The van der Waals surface area contributed by atoms with E-state index >= 15 is 0 Å². The van der Waals surface area contributed by atoms with Gasteiger partial charge in [0.25, 0.3) is 11.8 Å². The fourth-order valence-electron chi connectivity index (χ4n) is 3.40. The van der Waals surface area contributed by atoms with Crippen LogP contribution in [0.4, 0.5) is 10.1 Å². The fraction of sp³-hybridized carbons (Fsp3) is 0.167. The minimum absolute atomic E-state index is 0.0738. The smallest absolute Gasteiger partial charge is 0.262 e. The van der Waals surface area contributed by atoms with Crippen LogP contribution in [-0.2, 0) is 11.2 Å². The first kappa shape index (κ1) is 19.6. The number of anilines is 1. The molecule has 0 radical (unpaired) electrons. The lowest BCUT2D eigenvalue weighted by molar-refractivity contribution is -0.127. The third-order valence-electron chi connectivity index (χ3n) is 4.96. The van der Waals surface area contributed by atoms with Gasteiger partial charge in [-0.1, -0.05) is 42.5 Å². The van der Waals surface area contributed by atoms with Gasteiger partial charge in [0.15, 0.2) is 6.10 Å². The van der Waals surface area contributed by atoms with Gasteiger partial charge in [0.1, 0.15) is 11.6 Å². The van der Waals surface area contributed by atoms with Crippen molar-refractivity contribution in [3.8, 4) is 5.75 Å². The largest absolute Gasteiger partial charge is 0.477 e. The molecule has 3 aromatic carbocycles. The van der Waals surface area contributed by atoms with Crippen molar-refractivity contribution in [1.29, 1.82) is 0 Å². The van der Waals surface area contributed by atoms with E-state index in [2.05, 4.69) is 5.32 Å². The van der Waals surface area contributed by atoms with E-state index in [1.807, 2.05) is 30.3 Å². The number of hydrogen-bond acceptors (Lipinski definition) is 3. The quantitative estimate of drug-likeness (QED) is 0.707. The standard InChI is InChI=1S/C24H21FN2O3/c25-19-12-10-18(11-13-19)24(29)27-16-22(30-21-9-5-4-8-20(21)27)23(28)26-15-14-17-6-2-1-3-7-17/h1-13,22H,14-16H2,(H,26,28). The lowest BCUT2D eigenvalue weighted by atomic mass is 10.1. The van der Waals surface area contributed by atoms with Gasteiger partial charge in [0.05, 0.1) is 12.2 Å². The lowest BCUT2D eigenvalue weighted by Crippen LogP contribution is -2.51. The maximum absolute atomic E-state index is 13.2. The summed E-state index contributed by atoms with van der Waals surface area (Å²) in [6.07, 6.45) is -0.131. The zero-order chi connectivity index (χ0) is 20.9. The molecule has 1 atom stereocenters. The van der Waals surface area contributed by atoms with E-state index < -0.39 is 11.9 Å². The van der Waals surface area contributed by atoms with Crippen LogP contribution in [0.1, 0.15) is 15.9 Å². The topological polar surface area (TPSA) is 58.6 Å². The summed E-state index contributed by atoms with van der Waals surface area (Å²) in [4.78, 5) is 27.3. The van der Waals surface area contributed by atoms with Crippen molar-refractivity contribution >= 4 is 17.5 Å². The highest BCUT2D eigenvalue weighted by Crippen LogP contribution is 2.34. The van der Waals surface area contributed by atoms with Crippen LogP contribution >= 0.6 is 0 Å². The van der Waals surface area contributed by atoms with Gasteiger partial charge in [-0.05, 0) is 48.4 Å². The first-order valence-electron chi connectivity index (χ1n) is 9.76. The van der Waals surface area contributed by atoms with E-state index in [4.69, 9.17) is 4.74 Å².